The van der Waals surface area contributed by atoms with Crippen LogP contribution in [-0.4, -0.2) is 11.0 Å². The highest BCUT2D eigenvalue weighted by molar-refractivity contribution is 5.48. The van der Waals surface area contributed by atoms with Gasteiger partial charge in [-0.1, -0.05) is 48.6 Å². The average molecular weight is 252 g/mol. The van der Waals surface area contributed by atoms with E-state index in [0.717, 1.165) is 18.7 Å². The van der Waals surface area contributed by atoms with Crippen molar-refractivity contribution in [3.63, 3.8) is 0 Å². The molecule has 1 N–H and O–H groups in total. The number of benzene rings is 1. The number of nitrogens with zero attached hydrogens (tertiary/aromatic N) is 1. The van der Waals surface area contributed by atoms with E-state index in [9.17, 15) is 0 Å². The van der Waals surface area contributed by atoms with E-state index in [1.165, 1.54) is 5.56 Å². The van der Waals surface area contributed by atoms with Gasteiger partial charge in [-0.15, -0.1) is 0 Å². The first-order chi connectivity index (χ1) is 9.34. The van der Waals surface area contributed by atoms with Crippen LogP contribution in [0.1, 0.15) is 25.3 Å². The minimum absolute atomic E-state index is 0.426. The molecule has 2 rings (SSSR count). The fraction of sp³-hybridized carbons (Fsp3) is 0.235. The summed E-state index contributed by atoms with van der Waals surface area (Å²) in [6.45, 7) is 2.19. The van der Waals surface area contributed by atoms with Crippen LogP contribution < -0.4 is 5.32 Å². The molecule has 0 aliphatic rings. The van der Waals surface area contributed by atoms with Gasteiger partial charge in [0.2, 0.25) is 0 Å². The van der Waals surface area contributed by atoms with Crippen molar-refractivity contribution in [2.45, 2.75) is 25.8 Å². The normalized spacial score (nSPS) is 12.5. The summed E-state index contributed by atoms with van der Waals surface area (Å²) in [7, 11) is 0. The number of anilines is 1. The molecule has 0 bridgehead atoms. The van der Waals surface area contributed by atoms with E-state index in [1.54, 1.807) is 0 Å². The Labute approximate surface area is 115 Å². The van der Waals surface area contributed by atoms with Crippen LogP contribution in [0.2, 0.25) is 0 Å². The zero-order valence-electron chi connectivity index (χ0n) is 11.3. The topological polar surface area (TPSA) is 24.9 Å². The molecule has 2 nitrogen and oxygen atoms in total. The van der Waals surface area contributed by atoms with Crippen molar-refractivity contribution in [2.24, 2.45) is 0 Å². The molecule has 0 amide bonds. The Morgan fingerprint density at radius 2 is 1.89 bits per heavy atom. The van der Waals surface area contributed by atoms with E-state index in [1.807, 2.05) is 30.5 Å². The van der Waals surface area contributed by atoms with Crippen molar-refractivity contribution in [3.05, 3.63) is 66.4 Å². The maximum absolute atomic E-state index is 4.27. The Bertz CT molecular complexity index is 491. The second kappa shape index (κ2) is 7.37. The van der Waals surface area contributed by atoms with Gasteiger partial charge in [-0.3, -0.25) is 0 Å². The number of nitrogens with one attached hydrogen (secondary N) is 1. The maximum atomic E-state index is 4.27. The van der Waals surface area contributed by atoms with E-state index in [-0.39, 0.29) is 0 Å². The van der Waals surface area contributed by atoms with Crippen molar-refractivity contribution in [1.82, 2.24) is 4.98 Å². The zero-order chi connectivity index (χ0) is 13.3. The zero-order valence-corrected chi connectivity index (χ0v) is 11.3. The number of allylic oxidation sites excluding steroid dienone is 1. The van der Waals surface area contributed by atoms with Crippen LogP contribution in [0.3, 0.4) is 0 Å². The monoisotopic (exact) mass is 252 g/mol. The molecule has 2 heteroatoms. The van der Waals surface area contributed by atoms with Crippen LogP contribution in [0.25, 0.3) is 6.08 Å². The Balaban J connectivity index is 1.72. The van der Waals surface area contributed by atoms with Crippen molar-refractivity contribution in [1.29, 1.82) is 0 Å². The van der Waals surface area contributed by atoms with Gasteiger partial charge in [-0.25, -0.2) is 4.98 Å². The summed E-state index contributed by atoms with van der Waals surface area (Å²) >= 11 is 0. The number of pyridine rings is 1. The molecule has 1 aromatic heterocycles. The van der Waals surface area contributed by atoms with Crippen LogP contribution in [0, 0.1) is 0 Å². The van der Waals surface area contributed by atoms with Gasteiger partial charge >= 0.3 is 0 Å². The molecule has 0 aliphatic heterocycles. The maximum Gasteiger partial charge on any atom is 0.126 e. The molecule has 1 heterocycles. The van der Waals surface area contributed by atoms with E-state index in [4.69, 9.17) is 0 Å². The quantitative estimate of drug-likeness (QED) is 0.825. The lowest BCUT2D eigenvalue weighted by Crippen LogP contribution is -2.15. The number of hydrogen-bond acceptors (Lipinski definition) is 2. The van der Waals surface area contributed by atoms with Gasteiger partial charge in [0.25, 0.3) is 0 Å². The predicted molar refractivity (Wildman–Crippen MR) is 82.0 cm³/mol. The average Bonchev–Trinajstić information content (AvgIpc) is 2.46. The summed E-state index contributed by atoms with van der Waals surface area (Å²) in [5.41, 5.74) is 1.26. The summed E-state index contributed by atoms with van der Waals surface area (Å²) < 4.78 is 0. The molecule has 1 unspecified atom stereocenters. The molecule has 0 spiro atoms. The molecular weight excluding hydrogens is 232 g/mol. The number of hydrogen-bond donors (Lipinski definition) is 1. The van der Waals surface area contributed by atoms with E-state index >= 15 is 0 Å². The summed E-state index contributed by atoms with van der Waals surface area (Å²) in [5.74, 6) is 0.946. The van der Waals surface area contributed by atoms with Crippen molar-refractivity contribution >= 4 is 11.9 Å². The third kappa shape index (κ3) is 4.96. The molecule has 0 fully saturated rings. The smallest absolute Gasteiger partial charge is 0.126 e. The standard InChI is InChI=1S/C17H20N2/c1-15(19-17-13-7-8-14-18-17)9-5-6-12-16-10-3-2-4-11-16/h2-4,6-8,10-15H,5,9H2,1H3,(H,18,19)/b12-6+. The van der Waals surface area contributed by atoms with Gasteiger partial charge in [-0.05, 0) is 37.5 Å². The minimum Gasteiger partial charge on any atom is -0.368 e. The lowest BCUT2D eigenvalue weighted by molar-refractivity contribution is 0.716. The van der Waals surface area contributed by atoms with Crippen LogP contribution in [0.5, 0.6) is 0 Å². The first-order valence-corrected chi connectivity index (χ1v) is 6.74. The highest BCUT2D eigenvalue weighted by atomic mass is 15.0. The largest absolute Gasteiger partial charge is 0.368 e. The highest BCUT2D eigenvalue weighted by Gasteiger charge is 2.00. The molecule has 98 valence electrons. The summed E-state index contributed by atoms with van der Waals surface area (Å²) in [5, 5.41) is 3.40. The van der Waals surface area contributed by atoms with Crippen molar-refractivity contribution in [3.8, 4) is 0 Å². The van der Waals surface area contributed by atoms with Gasteiger partial charge in [0, 0.05) is 12.2 Å². The third-order valence-corrected chi connectivity index (χ3v) is 2.94. The van der Waals surface area contributed by atoms with Crippen molar-refractivity contribution < 1.29 is 0 Å². The molecule has 19 heavy (non-hydrogen) atoms. The molecule has 1 atom stereocenters. The molecular formula is C17H20N2. The second-order valence-corrected chi connectivity index (χ2v) is 4.65. The fourth-order valence-corrected chi connectivity index (χ4v) is 1.90. The minimum atomic E-state index is 0.426. The molecule has 0 radical (unpaired) electrons. The Morgan fingerprint density at radius 3 is 2.63 bits per heavy atom. The number of rotatable bonds is 6. The van der Waals surface area contributed by atoms with Crippen LogP contribution in [0.4, 0.5) is 5.82 Å². The highest BCUT2D eigenvalue weighted by Crippen LogP contribution is 2.08. The summed E-state index contributed by atoms with van der Waals surface area (Å²) in [4.78, 5) is 4.27. The first-order valence-electron chi connectivity index (χ1n) is 6.74. The molecule has 0 saturated heterocycles. The van der Waals surface area contributed by atoms with E-state index in [0.29, 0.717) is 6.04 Å². The molecule has 0 saturated carbocycles. The van der Waals surface area contributed by atoms with Crippen LogP contribution in [0.15, 0.2) is 60.8 Å². The van der Waals surface area contributed by atoms with Gasteiger partial charge < -0.3 is 5.32 Å². The summed E-state index contributed by atoms with van der Waals surface area (Å²) in [6, 6.07) is 16.7. The second-order valence-electron chi connectivity index (χ2n) is 4.65. The van der Waals surface area contributed by atoms with Gasteiger partial charge in [0.05, 0.1) is 0 Å². The SMILES string of the molecule is CC(CC/C=C/c1ccccc1)Nc1ccccn1. The van der Waals surface area contributed by atoms with Gasteiger partial charge in [0.15, 0.2) is 0 Å². The van der Waals surface area contributed by atoms with Gasteiger partial charge in [-0.2, -0.15) is 0 Å². The first kappa shape index (κ1) is 13.3. The predicted octanol–water partition coefficient (Wildman–Crippen LogP) is 4.38. The summed E-state index contributed by atoms with van der Waals surface area (Å²) in [6.07, 6.45) is 8.37. The van der Waals surface area contributed by atoms with E-state index in [2.05, 4.69) is 53.6 Å². The molecule has 2 aromatic rings. The number of aromatic nitrogens is 1. The van der Waals surface area contributed by atoms with E-state index < -0.39 is 0 Å². The fourth-order valence-electron chi connectivity index (χ4n) is 1.90. The lowest BCUT2D eigenvalue weighted by atomic mass is 10.1. The third-order valence-electron chi connectivity index (χ3n) is 2.94. The van der Waals surface area contributed by atoms with Crippen LogP contribution in [-0.2, 0) is 0 Å². The van der Waals surface area contributed by atoms with Crippen molar-refractivity contribution in [2.75, 3.05) is 5.32 Å². The molecule has 0 aliphatic carbocycles. The Hall–Kier alpha value is -2.09. The molecule has 1 aromatic carbocycles. The Morgan fingerprint density at radius 1 is 1.11 bits per heavy atom. The van der Waals surface area contributed by atoms with Crippen LogP contribution >= 0.6 is 0 Å². The van der Waals surface area contributed by atoms with Gasteiger partial charge in [0.1, 0.15) is 5.82 Å². The lowest BCUT2D eigenvalue weighted by Gasteiger charge is -2.12. The Kier molecular flexibility index (Phi) is 5.17.